The Bertz CT molecular complexity index is 470. The molecule has 0 saturated carbocycles. The van der Waals surface area contributed by atoms with Gasteiger partial charge in [-0.2, -0.15) is 0 Å². The first-order valence-electron chi connectivity index (χ1n) is 6.86. The standard InChI is InChI=1S/C12H25NO4S2/c1-3-4-7-13(8-5-9-18(2,14)15)12-6-10-19(16,17)11-12/h12H,3-11H2,1-2H3. The maximum absolute atomic E-state index is 11.5. The van der Waals surface area contributed by atoms with E-state index in [4.69, 9.17) is 0 Å². The van der Waals surface area contributed by atoms with Crippen molar-refractivity contribution in [3.05, 3.63) is 0 Å². The van der Waals surface area contributed by atoms with Crippen LogP contribution >= 0.6 is 0 Å². The summed E-state index contributed by atoms with van der Waals surface area (Å²) in [6.07, 6.45) is 4.59. The molecule has 7 heteroatoms. The van der Waals surface area contributed by atoms with E-state index in [1.807, 2.05) is 0 Å². The molecule has 0 spiro atoms. The maximum Gasteiger partial charge on any atom is 0.151 e. The molecule has 19 heavy (non-hydrogen) atoms. The first-order valence-corrected chi connectivity index (χ1v) is 10.7. The minimum Gasteiger partial charge on any atom is -0.299 e. The number of rotatable bonds is 8. The molecule has 1 aliphatic heterocycles. The fraction of sp³-hybridized carbons (Fsp3) is 1.00. The van der Waals surface area contributed by atoms with Crippen molar-refractivity contribution in [1.29, 1.82) is 0 Å². The molecule has 0 radical (unpaired) electrons. The van der Waals surface area contributed by atoms with Gasteiger partial charge in [-0.25, -0.2) is 16.8 Å². The minimum absolute atomic E-state index is 0.0797. The second kappa shape index (κ2) is 7.04. The van der Waals surface area contributed by atoms with Crippen molar-refractivity contribution in [2.24, 2.45) is 0 Å². The number of unbranched alkanes of at least 4 members (excludes halogenated alkanes) is 1. The Balaban J connectivity index is 2.52. The lowest BCUT2D eigenvalue weighted by molar-refractivity contribution is 0.210. The zero-order valence-electron chi connectivity index (χ0n) is 11.8. The van der Waals surface area contributed by atoms with Gasteiger partial charge in [-0.15, -0.1) is 0 Å². The summed E-state index contributed by atoms with van der Waals surface area (Å²) in [6.45, 7) is 3.63. The summed E-state index contributed by atoms with van der Waals surface area (Å²) >= 11 is 0. The average Bonchev–Trinajstić information content (AvgIpc) is 2.62. The van der Waals surface area contributed by atoms with Crippen molar-refractivity contribution >= 4 is 19.7 Å². The van der Waals surface area contributed by atoms with Gasteiger partial charge in [0.2, 0.25) is 0 Å². The number of nitrogens with zero attached hydrogens (tertiary/aromatic N) is 1. The van der Waals surface area contributed by atoms with Gasteiger partial charge in [-0.05, 0) is 32.4 Å². The van der Waals surface area contributed by atoms with E-state index >= 15 is 0 Å². The summed E-state index contributed by atoms with van der Waals surface area (Å²) in [5.41, 5.74) is 0. The number of hydrogen-bond acceptors (Lipinski definition) is 5. The Labute approximate surface area is 117 Å². The van der Waals surface area contributed by atoms with Crippen molar-refractivity contribution in [1.82, 2.24) is 4.90 Å². The molecular formula is C12H25NO4S2. The number of hydrogen-bond donors (Lipinski definition) is 0. The zero-order chi connectivity index (χ0) is 14.5. The average molecular weight is 311 g/mol. The second-order valence-electron chi connectivity index (χ2n) is 5.43. The van der Waals surface area contributed by atoms with Gasteiger partial charge in [0, 0.05) is 12.3 Å². The molecule has 0 aromatic carbocycles. The van der Waals surface area contributed by atoms with Crippen molar-refractivity contribution in [3.63, 3.8) is 0 Å². The Morgan fingerprint density at radius 1 is 1.21 bits per heavy atom. The van der Waals surface area contributed by atoms with E-state index in [1.54, 1.807) is 0 Å². The highest BCUT2D eigenvalue weighted by Crippen LogP contribution is 2.18. The lowest BCUT2D eigenvalue weighted by atomic mass is 10.2. The molecule has 1 heterocycles. The highest BCUT2D eigenvalue weighted by atomic mass is 32.2. The molecule has 5 nitrogen and oxygen atoms in total. The summed E-state index contributed by atoms with van der Waals surface area (Å²) in [5.74, 6) is 0.678. The van der Waals surface area contributed by atoms with Crippen LogP contribution in [-0.2, 0) is 19.7 Å². The zero-order valence-corrected chi connectivity index (χ0v) is 13.5. The van der Waals surface area contributed by atoms with E-state index < -0.39 is 19.7 Å². The van der Waals surface area contributed by atoms with Crippen molar-refractivity contribution in [2.75, 3.05) is 36.6 Å². The van der Waals surface area contributed by atoms with Crippen LogP contribution in [0.4, 0.5) is 0 Å². The highest BCUT2D eigenvalue weighted by molar-refractivity contribution is 7.91. The highest BCUT2D eigenvalue weighted by Gasteiger charge is 2.31. The van der Waals surface area contributed by atoms with Crippen LogP contribution < -0.4 is 0 Å². The van der Waals surface area contributed by atoms with E-state index in [9.17, 15) is 16.8 Å². The van der Waals surface area contributed by atoms with Crippen LogP contribution in [0, 0.1) is 0 Å². The summed E-state index contributed by atoms with van der Waals surface area (Å²) in [7, 11) is -5.81. The lowest BCUT2D eigenvalue weighted by Crippen LogP contribution is -2.38. The lowest BCUT2D eigenvalue weighted by Gasteiger charge is -2.27. The van der Waals surface area contributed by atoms with Crippen molar-refractivity contribution in [2.45, 2.75) is 38.6 Å². The van der Waals surface area contributed by atoms with Gasteiger partial charge in [-0.1, -0.05) is 13.3 Å². The van der Waals surface area contributed by atoms with E-state index in [2.05, 4.69) is 11.8 Å². The SMILES string of the molecule is CCCCN(CCCS(C)(=O)=O)C1CCS(=O)(=O)C1. The second-order valence-corrected chi connectivity index (χ2v) is 9.92. The van der Waals surface area contributed by atoms with Crippen LogP contribution in [0.25, 0.3) is 0 Å². The van der Waals surface area contributed by atoms with Gasteiger partial charge in [0.1, 0.15) is 9.84 Å². The third kappa shape index (κ3) is 6.72. The van der Waals surface area contributed by atoms with Crippen LogP contribution in [0.1, 0.15) is 32.6 Å². The normalized spacial score (nSPS) is 23.0. The molecule has 1 unspecified atom stereocenters. The van der Waals surface area contributed by atoms with Crippen LogP contribution in [0.2, 0.25) is 0 Å². The molecule has 0 bridgehead atoms. The molecule has 1 aliphatic rings. The van der Waals surface area contributed by atoms with E-state index in [-0.39, 0.29) is 23.3 Å². The molecule has 114 valence electrons. The Hall–Kier alpha value is -0.140. The van der Waals surface area contributed by atoms with Crippen LogP contribution in [0.3, 0.4) is 0 Å². The smallest absolute Gasteiger partial charge is 0.151 e. The molecule has 0 aromatic heterocycles. The first-order chi connectivity index (χ1) is 8.73. The fourth-order valence-corrected chi connectivity index (χ4v) is 4.85. The van der Waals surface area contributed by atoms with Crippen LogP contribution in [0.5, 0.6) is 0 Å². The summed E-state index contributed by atoms with van der Waals surface area (Å²) in [5, 5.41) is 0. The van der Waals surface area contributed by atoms with Gasteiger partial charge in [0.15, 0.2) is 9.84 Å². The number of sulfone groups is 2. The topological polar surface area (TPSA) is 71.5 Å². The van der Waals surface area contributed by atoms with Gasteiger partial charge in [0.05, 0.1) is 17.3 Å². The maximum atomic E-state index is 11.5. The first kappa shape index (κ1) is 16.9. The largest absolute Gasteiger partial charge is 0.299 e. The Kier molecular flexibility index (Phi) is 6.26. The van der Waals surface area contributed by atoms with Gasteiger partial charge < -0.3 is 0 Å². The molecule has 0 aliphatic carbocycles. The van der Waals surface area contributed by atoms with E-state index in [0.717, 1.165) is 19.4 Å². The van der Waals surface area contributed by atoms with E-state index in [0.29, 0.717) is 19.4 Å². The van der Waals surface area contributed by atoms with Crippen molar-refractivity contribution < 1.29 is 16.8 Å². The van der Waals surface area contributed by atoms with Gasteiger partial charge in [-0.3, -0.25) is 4.90 Å². The molecular weight excluding hydrogens is 286 g/mol. The van der Waals surface area contributed by atoms with E-state index in [1.165, 1.54) is 6.26 Å². The molecule has 1 saturated heterocycles. The summed E-state index contributed by atoms with van der Waals surface area (Å²) in [4.78, 5) is 2.17. The summed E-state index contributed by atoms with van der Waals surface area (Å²) in [6, 6.07) is 0.0797. The molecule has 0 amide bonds. The summed E-state index contributed by atoms with van der Waals surface area (Å²) < 4.78 is 45.3. The Morgan fingerprint density at radius 2 is 1.84 bits per heavy atom. The molecule has 1 rings (SSSR count). The van der Waals surface area contributed by atoms with Crippen LogP contribution in [0.15, 0.2) is 0 Å². The predicted molar refractivity (Wildman–Crippen MR) is 77.9 cm³/mol. The Morgan fingerprint density at radius 3 is 2.32 bits per heavy atom. The molecule has 1 atom stereocenters. The van der Waals surface area contributed by atoms with Crippen molar-refractivity contribution in [3.8, 4) is 0 Å². The fourth-order valence-electron chi connectivity index (χ4n) is 2.43. The predicted octanol–water partition coefficient (Wildman–Crippen LogP) is 0.710. The molecule has 0 N–H and O–H groups in total. The third-order valence-electron chi connectivity index (χ3n) is 3.48. The molecule has 0 aromatic rings. The quantitative estimate of drug-likeness (QED) is 0.660. The monoisotopic (exact) mass is 311 g/mol. The van der Waals surface area contributed by atoms with Crippen LogP contribution in [-0.4, -0.2) is 64.4 Å². The third-order valence-corrected chi connectivity index (χ3v) is 6.26. The van der Waals surface area contributed by atoms with Gasteiger partial charge >= 0.3 is 0 Å². The molecule has 1 fully saturated rings. The van der Waals surface area contributed by atoms with Gasteiger partial charge in [0.25, 0.3) is 0 Å². The minimum atomic E-state index is -2.93.